The zero-order valence-corrected chi connectivity index (χ0v) is 13.2. The number of aromatic hydroxyl groups is 1. The second-order valence-corrected chi connectivity index (χ2v) is 6.85. The Kier molecular flexibility index (Phi) is 4.56. The Labute approximate surface area is 130 Å². The predicted octanol–water partition coefficient (Wildman–Crippen LogP) is 3.97. The predicted molar refractivity (Wildman–Crippen MR) is 86.8 cm³/mol. The number of nitrogens with one attached hydrogen (secondary N) is 1. The van der Waals surface area contributed by atoms with E-state index < -0.39 is 0 Å². The van der Waals surface area contributed by atoms with E-state index in [1.165, 1.54) is 36.3 Å². The normalized spacial score (nSPS) is 22.3. The van der Waals surface area contributed by atoms with E-state index in [1.807, 2.05) is 6.92 Å². The van der Waals surface area contributed by atoms with Gasteiger partial charge < -0.3 is 10.4 Å². The lowest BCUT2D eigenvalue weighted by atomic mass is 9.82. The molecule has 2 N–H and O–H groups in total. The van der Waals surface area contributed by atoms with Crippen LogP contribution in [-0.4, -0.2) is 16.1 Å². The Morgan fingerprint density at radius 3 is 2.52 bits per heavy atom. The Morgan fingerprint density at radius 2 is 1.90 bits per heavy atom. The van der Waals surface area contributed by atoms with Gasteiger partial charge in [0.2, 0.25) is 0 Å². The van der Waals surface area contributed by atoms with Gasteiger partial charge in [-0.2, -0.15) is 0 Å². The van der Waals surface area contributed by atoms with E-state index in [9.17, 15) is 5.11 Å². The summed E-state index contributed by atoms with van der Waals surface area (Å²) in [6, 6.07) is 8.33. The first-order valence-corrected chi connectivity index (χ1v) is 8.52. The van der Waals surface area contributed by atoms with Gasteiger partial charge in [0.15, 0.2) is 0 Å². The highest BCUT2D eigenvalue weighted by Gasteiger charge is 2.22. The summed E-state index contributed by atoms with van der Waals surface area (Å²) < 4.78 is 0. The van der Waals surface area contributed by atoms with Crippen molar-refractivity contribution in [2.75, 3.05) is 0 Å². The molecule has 3 rings (SSSR count). The molecule has 0 bridgehead atoms. The van der Waals surface area contributed by atoms with Crippen molar-refractivity contribution < 1.29 is 5.11 Å². The van der Waals surface area contributed by atoms with E-state index in [2.05, 4.69) is 27.8 Å². The second kappa shape index (κ2) is 6.58. The van der Waals surface area contributed by atoms with Crippen LogP contribution in [0.1, 0.15) is 47.9 Å². The molecule has 1 aliphatic rings. The molecular formula is C17H22N2OS. The molecule has 1 aliphatic carbocycles. The molecule has 1 aromatic heterocycles. The number of phenolic OH excluding ortho intramolecular Hbond substituents is 1. The van der Waals surface area contributed by atoms with Crippen molar-refractivity contribution in [3.8, 4) is 5.75 Å². The molecule has 0 atom stereocenters. The van der Waals surface area contributed by atoms with Gasteiger partial charge in [-0.05, 0) is 56.2 Å². The molecule has 0 amide bonds. The summed E-state index contributed by atoms with van der Waals surface area (Å²) in [5.74, 6) is 0.999. The molecule has 1 heterocycles. The number of benzene rings is 1. The van der Waals surface area contributed by atoms with Crippen LogP contribution < -0.4 is 5.32 Å². The van der Waals surface area contributed by atoms with Crippen molar-refractivity contribution >= 4 is 11.3 Å². The SMILES string of the molecule is Cc1csc(CNC2CCC(c3ccc(O)cc3)CC2)n1. The summed E-state index contributed by atoms with van der Waals surface area (Å²) in [5.41, 5.74) is 2.48. The lowest BCUT2D eigenvalue weighted by Crippen LogP contribution is -2.32. The molecule has 1 aromatic carbocycles. The molecule has 1 saturated carbocycles. The maximum Gasteiger partial charge on any atom is 0.115 e. The number of thiazole rings is 1. The minimum atomic E-state index is 0.354. The Balaban J connectivity index is 1.47. The molecule has 2 aromatic rings. The summed E-state index contributed by atoms with van der Waals surface area (Å²) in [6.45, 7) is 2.94. The largest absolute Gasteiger partial charge is 0.508 e. The number of nitrogens with zero attached hydrogens (tertiary/aromatic N) is 1. The van der Waals surface area contributed by atoms with E-state index in [-0.39, 0.29) is 0 Å². The van der Waals surface area contributed by atoms with Crippen molar-refractivity contribution in [3.05, 3.63) is 45.9 Å². The summed E-state index contributed by atoms with van der Waals surface area (Å²) >= 11 is 1.74. The number of hydrogen-bond acceptors (Lipinski definition) is 4. The fourth-order valence-electron chi connectivity index (χ4n) is 3.09. The fourth-order valence-corrected chi connectivity index (χ4v) is 3.82. The molecule has 0 radical (unpaired) electrons. The first kappa shape index (κ1) is 14.5. The van der Waals surface area contributed by atoms with Crippen LogP contribution >= 0.6 is 11.3 Å². The van der Waals surface area contributed by atoms with Gasteiger partial charge in [-0.1, -0.05) is 12.1 Å². The van der Waals surface area contributed by atoms with E-state index >= 15 is 0 Å². The standard InChI is InChI=1S/C17H22N2OS/c1-12-11-21-17(19-12)10-18-15-6-2-13(3-7-15)14-4-8-16(20)9-5-14/h4-5,8-9,11,13,15,18,20H,2-3,6-7,10H2,1H3. The van der Waals surface area contributed by atoms with E-state index in [4.69, 9.17) is 0 Å². The van der Waals surface area contributed by atoms with Crippen molar-refractivity contribution in [2.24, 2.45) is 0 Å². The van der Waals surface area contributed by atoms with Crippen LogP contribution in [0.3, 0.4) is 0 Å². The number of phenols is 1. The second-order valence-electron chi connectivity index (χ2n) is 5.90. The molecule has 1 fully saturated rings. The highest BCUT2D eigenvalue weighted by atomic mass is 32.1. The highest BCUT2D eigenvalue weighted by Crippen LogP contribution is 2.33. The first-order valence-electron chi connectivity index (χ1n) is 7.64. The average molecular weight is 302 g/mol. The quantitative estimate of drug-likeness (QED) is 0.898. The monoisotopic (exact) mass is 302 g/mol. The summed E-state index contributed by atoms with van der Waals surface area (Å²) in [4.78, 5) is 4.50. The zero-order valence-electron chi connectivity index (χ0n) is 12.4. The Bertz CT molecular complexity index is 571. The molecule has 0 saturated heterocycles. The summed E-state index contributed by atoms with van der Waals surface area (Å²) in [6.07, 6.45) is 4.88. The maximum atomic E-state index is 9.36. The van der Waals surface area contributed by atoms with Crippen LogP contribution in [0, 0.1) is 6.92 Å². The van der Waals surface area contributed by atoms with E-state index in [0.717, 1.165) is 12.2 Å². The third-order valence-electron chi connectivity index (χ3n) is 4.30. The van der Waals surface area contributed by atoms with Crippen LogP contribution in [-0.2, 0) is 6.54 Å². The van der Waals surface area contributed by atoms with E-state index in [0.29, 0.717) is 17.7 Å². The number of aromatic nitrogens is 1. The first-order chi connectivity index (χ1) is 10.2. The van der Waals surface area contributed by atoms with Crippen LogP contribution in [0.15, 0.2) is 29.6 Å². The van der Waals surface area contributed by atoms with Crippen LogP contribution in [0.25, 0.3) is 0 Å². The van der Waals surface area contributed by atoms with Gasteiger partial charge in [-0.25, -0.2) is 4.98 Å². The van der Waals surface area contributed by atoms with Gasteiger partial charge in [0.1, 0.15) is 10.8 Å². The average Bonchev–Trinajstić information content (AvgIpc) is 2.92. The summed E-state index contributed by atoms with van der Waals surface area (Å²) in [5, 5.41) is 16.3. The van der Waals surface area contributed by atoms with Crippen molar-refractivity contribution in [3.63, 3.8) is 0 Å². The van der Waals surface area contributed by atoms with Gasteiger partial charge in [-0.15, -0.1) is 11.3 Å². The number of hydrogen-bond donors (Lipinski definition) is 2. The number of aryl methyl sites for hydroxylation is 1. The van der Waals surface area contributed by atoms with Crippen LogP contribution in [0.2, 0.25) is 0 Å². The molecule has 0 aliphatic heterocycles. The molecule has 21 heavy (non-hydrogen) atoms. The minimum absolute atomic E-state index is 0.354. The minimum Gasteiger partial charge on any atom is -0.508 e. The van der Waals surface area contributed by atoms with Crippen molar-refractivity contribution in [1.82, 2.24) is 10.3 Å². The van der Waals surface area contributed by atoms with Gasteiger partial charge >= 0.3 is 0 Å². The van der Waals surface area contributed by atoms with Gasteiger partial charge in [0.05, 0.1) is 0 Å². The van der Waals surface area contributed by atoms with E-state index in [1.54, 1.807) is 23.5 Å². The van der Waals surface area contributed by atoms with Gasteiger partial charge in [0, 0.05) is 23.7 Å². The van der Waals surface area contributed by atoms with Crippen LogP contribution in [0.5, 0.6) is 5.75 Å². The molecule has 0 unspecified atom stereocenters. The lowest BCUT2D eigenvalue weighted by Gasteiger charge is -2.29. The van der Waals surface area contributed by atoms with Crippen molar-refractivity contribution in [1.29, 1.82) is 0 Å². The Hall–Kier alpha value is -1.39. The van der Waals surface area contributed by atoms with Gasteiger partial charge in [-0.3, -0.25) is 0 Å². The topological polar surface area (TPSA) is 45.1 Å². The fraction of sp³-hybridized carbons (Fsp3) is 0.471. The smallest absolute Gasteiger partial charge is 0.115 e. The third kappa shape index (κ3) is 3.83. The van der Waals surface area contributed by atoms with Crippen molar-refractivity contribution in [2.45, 2.75) is 51.1 Å². The molecular weight excluding hydrogens is 280 g/mol. The van der Waals surface area contributed by atoms with Crippen LogP contribution in [0.4, 0.5) is 0 Å². The lowest BCUT2D eigenvalue weighted by molar-refractivity contribution is 0.341. The maximum absolute atomic E-state index is 9.36. The third-order valence-corrected chi connectivity index (χ3v) is 5.27. The molecule has 4 heteroatoms. The molecule has 3 nitrogen and oxygen atoms in total. The Morgan fingerprint density at radius 1 is 1.19 bits per heavy atom. The zero-order chi connectivity index (χ0) is 14.7. The number of rotatable bonds is 4. The van der Waals surface area contributed by atoms with Gasteiger partial charge in [0.25, 0.3) is 0 Å². The molecule has 112 valence electrons. The molecule has 0 spiro atoms. The summed E-state index contributed by atoms with van der Waals surface area (Å²) in [7, 11) is 0. The highest BCUT2D eigenvalue weighted by molar-refractivity contribution is 7.09.